The average Bonchev–Trinajstić information content (AvgIpc) is 2.10. The SMILES string of the molecule is CNCCCC/C=C\C=C\OC. The molecule has 0 aromatic heterocycles. The molecular weight excluding hydrogens is 150 g/mol. The van der Waals surface area contributed by atoms with Crippen LogP contribution in [0.3, 0.4) is 0 Å². The maximum Gasteiger partial charge on any atom is 0.0824 e. The van der Waals surface area contributed by atoms with Crippen molar-refractivity contribution in [3.8, 4) is 0 Å². The average molecular weight is 169 g/mol. The predicted molar refractivity (Wildman–Crippen MR) is 53.1 cm³/mol. The Kier molecular flexibility index (Phi) is 9.59. The first kappa shape index (κ1) is 11.2. The first-order valence-corrected chi connectivity index (χ1v) is 4.41. The molecule has 2 nitrogen and oxygen atoms in total. The molecule has 0 heterocycles. The van der Waals surface area contributed by atoms with Gasteiger partial charge in [-0.2, -0.15) is 0 Å². The van der Waals surface area contributed by atoms with Gasteiger partial charge in [0.05, 0.1) is 13.4 Å². The van der Waals surface area contributed by atoms with Crippen LogP contribution in [0.1, 0.15) is 19.3 Å². The number of ether oxygens (including phenoxy) is 1. The Labute approximate surface area is 75.3 Å². The van der Waals surface area contributed by atoms with Gasteiger partial charge in [0, 0.05) is 0 Å². The Morgan fingerprint density at radius 1 is 1.25 bits per heavy atom. The summed E-state index contributed by atoms with van der Waals surface area (Å²) in [6.07, 6.45) is 11.4. The van der Waals surface area contributed by atoms with Crippen LogP contribution in [-0.2, 0) is 4.74 Å². The molecule has 0 fully saturated rings. The molecular formula is C10H19NO. The van der Waals surface area contributed by atoms with Crippen molar-refractivity contribution in [2.24, 2.45) is 0 Å². The summed E-state index contributed by atoms with van der Waals surface area (Å²) >= 11 is 0. The molecule has 12 heavy (non-hydrogen) atoms. The van der Waals surface area contributed by atoms with Gasteiger partial charge in [-0.3, -0.25) is 0 Å². The van der Waals surface area contributed by atoms with Gasteiger partial charge in [0.25, 0.3) is 0 Å². The Morgan fingerprint density at radius 3 is 2.75 bits per heavy atom. The van der Waals surface area contributed by atoms with E-state index in [0.717, 1.165) is 13.0 Å². The summed E-state index contributed by atoms with van der Waals surface area (Å²) in [7, 11) is 3.63. The fourth-order valence-electron chi connectivity index (χ4n) is 0.863. The summed E-state index contributed by atoms with van der Waals surface area (Å²) in [6.45, 7) is 1.11. The first-order chi connectivity index (χ1) is 5.91. The molecule has 0 aliphatic heterocycles. The Balaban J connectivity index is 3.07. The molecule has 0 rings (SSSR count). The molecule has 2 heteroatoms. The van der Waals surface area contributed by atoms with E-state index in [1.165, 1.54) is 12.8 Å². The molecule has 0 spiro atoms. The van der Waals surface area contributed by atoms with E-state index < -0.39 is 0 Å². The zero-order chi connectivity index (χ0) is 9.07. The number of nitrogens with one attached hydrogen (secondary N) is 1. The van der Waals surface area contributed by atoms with Gasteiger partial charge in [0.2, 0.25) is 0 Å². The highest BCUT2D eigenvalue weighted by Crippen LogP contribution is 1.95. The van der Waals surface area contributed by atoms with Gasteiger partial charge in [-0.25, -0.2) is 0 Å². The summed E-state index contributed by atoms with van der Waals surface area (Å²) in [4.78, 5) is 0. The van der Waals surface area contributed by atoms with Crippen molar-refractivity contribution in [1.29, 1.82) is 0 Å². The third-order valence-electron chi connectivity index (χ3n) is 1.51. The normalized spacial score (nSPS) is 11.5. The highest BCUT2D eigenvalue weighted by Gasteiger charge is 1.81. The van der Waals surface area contributed by atoms with Crippen molar-refractivity contribution >= 4 is 0 Å². The minimum Gasteiger partial charge on any atom is -0.504 e. The van der Waals surface area contributed by atoms with Crippen LogP contribution >= 0.6 is 0 Å². The van der Waals surface area contributed by atoms with E-state index >= 15 is 0 Å². The van der Waals surface area contributed by atoms with E-state index in [0.29, 0.717) is 0 Å². The molecule has 0 atom stereocenters. The predicted octanol–water partition coefficient (Wildman–Crippen LogP) is 2.09. The Hall–Kier alpha value is -0.760. The lowest BCUT2D eigenvalue weighted by Crippen LogP contribution is -2.06. The van der Waals surface area contributed by atoms with Crippen molar-refractivity contribution in [3.63, 3.8) is 0 Å². The van der Waals surface area contributed by atoms with Crippen LogP contribution < -0.4 is 5.32 Å². The number of rotatable bonds is 7. The Morgan fingerprint density at radius 2 is 2.08 bits per heavy atom. The monoisotopic (exact) mass is 169 g/mol. The van der Waals surface area contributed by atoms with Crippen LogP contribution in [0, 0.1) is 0 Å². The summed E-state index contributed by atoms with van der Waals surface area (Å²) in [5.41, 5.74) is 0. The molecule has 70 valence electrons. The first-order valence-electron chi connectivity index (χ1n) is 4.41. The topological polar surface area (TPSA) is 21.3 Å². The van der Waals surface area contributed by atoms with Crippen LogP contribution in [0.15, 0.2) is 24.5 Å². The number of allylic oxidation sites excluding steroid dienone is 3. The number of hydrogen-bond donors (Lipinski definition) is 1. The summed E-state index contributed by atoms with van der Waals surface area (Å²) in [6, 6.07) is 0. The van der Waals surface area contributed by atoms with Gasteiger partial charge in [-0.05, 0) is 38.9 Å². The number of methoxy groups -OCH3 is 1. The van der Waals surface area contributed by atoms with E-state index in [-0.39, 0.29) is 0 Å². The van der Waals surface area contributed by atoms with Crippen molar-refractivity contribution in [1.82, 2.24) is 5.32 Å². The van der Waals surface area contributed by atoms with Gasteiger partial charge < -0.3 is 10.1 Å². The van der Waals surface area contributed by atoms with Gasteiger partial charge in [0.1, 0.15) is 0 Å². The molecule has 0 bridgehead atoms. The van der Waals surface area contributed by atoms with E-state index in [1.807, 2.05) is 19.2 Å². The zero-order valence-corrected chi connectivity index (χ0v) is 8.05. The van der Waals surface area contributed by atoms with Gasteiger partial charge >= 0.3 is 0 Å². The fraction of sp³-hybridized carbons (Fsp3) is 0.600. The van der Waals surface area contributed by atoms with Gasteiger partial charge in [0.15, 0.2) is 0 Å². The van der Waals surface area contributed by atoms with Crippen LogP contribution in [0.4, 0.5) is 0 Å². The largest absolute Gasteiger partial charge is 0.504 e. The highest BCUT2D eigenvalue weighted by atomic mass is 16.5. The molecule has 0 aliphatic rings. The van der Waals surface area contributed by atoms with E-state index in [4.69, 9.17) is 4.74 Å². The molecule has 0 saturated carbocycles. The molecule has 0 amide bonds. The maximum absolute atomic E-state index is 4.75. The molecule has 0 aromatic carbocycles. The van der Waals surface area contributed by atoms with E-state index in [1.54, 1.807) is 13.4 Å². The van der Waals surface area contributed by atoms with Crippen LogP contribution in [0.25, 0.3) is 0 Å². The van der Waals surface area contributed by atoms with Crippen molar-refractivity contribution in [3.05, 3.63) is 24.5 Å². The van der Waals surface area contributed by atoms with E-state index in [9.17, 15) is 0 Å². The quantitative estimate of drug-likeness (QED) is 0.358. The minimum absolute atomic E-state index is 1.11. The van der Waals surface area contributed by atoms with Crippen molar-refractivity contribution in [2.45, 2.75) is 19.3 Å². The van der Waals surface area contributed by atoms with Gasteiger partial charge in [-0.15, -0.1) is 0 Å². The number of unbranched alkanes of at least 4 members (excludes halogenated alkanes) is 2. The second kappa shape index (κ2) is 10.2. The second-order valence-electron chi connectivity index (χ2n) is 2.59. The molecule has 0 aliphatic carbocycles. The van der Waals surface area contributed by atoms with Crippen molar-refractivity contribution < 1.29 is 4.74 Å². The van der Waals surface area contributed by atoms with Gasteiger partial charge in [-0.1, -0.05) is 12.2 Å². The van der Waals surface area contributed by atoms with E-state index in [2.05, 4.69) is 11.4 Å². The lowest BCUT2D eigenvalue weighted by atomic mass is 10.2. The maximum atomic E-state index is 4.75. The smallest absolute Gasteiger partial charge is 0.0824 e. The Bertz CT molecular complexity index is 130. The summed E-state index contributed by atoms with van der Waals surface area (Å²) in [5.74, 6) is 0. The second-order valence-corrected chi connectivity index (χ2v) is 2.59. The zero-order valence-electron chi connectivity index (χ0n) is 8.05. The molecule has 0 aromatic rings. The molecule has 0 saturated heterocycles. The fourth-order valence-corrected chi connectivity index (χ4v) is 0.863. The lowest BCUT2D eigenvalue weighted by Gasteiger charge is -1.94. The van der Waals surface area contributed by atoms with Crippen LogP contribution in [-0.4, -0.2) is 20.7 Å². The number of hydrogen-bond acceptors (Lipinski definition) is 2. The lowest BCUT2D eigenvalue weighted by molar-refractivity contribution is 0.338. The van der Waals surface area contributed by atoms with Crippen molar-refractivity contribution in [2.75, 3.05) is 20.7 Å². The molecule has 0 radical (unpaired) electrons. The minimum atomic E-state index is 1.11. The third-order valence-corrected chi connectivity index (χ3v) is 1.51. The molecule has 0 unspecified atom stereocenters. The summed E-state index contributed by atoms with van der Waals surface area (Å²) in [5, 5.41) is 3.12. The highest BCUT2D eigenvalue weighted by molar-refractivity contribution is 4.99. The standard InChI is InChI=1S/C10H19NO/c1-11-9-7-5-3-4-6-8-10-12-2/h4,6,8,10-11H,3,5,7,9H2,1-2H3/b6-4-,10-8+. The third kappa shape index (κ3) is 9.24. The summed E-state index contributed by atoms with van der Waals surface area (Å²) < 4.78 is 4.75. The van der Waals surface area contributed by atoms with Crippen LogP contribution in [0.5, 0.6) is 0 Å². The molecule has 1 N–H and O–H groups in total. The van der Waals surface area contributed by atoms with Crippen LogP contribution in [0.2, 0.25) is 0 Å².